The third kappa shape index (κ3) is 4.26. The Hall–Kier alpha value is -3.55. The number of aryl methyl sites for hydroxylation is 1. The van der Waals surface area contributed by atoms with E-state index in [1.807, 2.05) is 30.3 Å². The second-order valence-corrected chi connectivity index (χ2v) is 8.01. The zero-order chi connectivity index (χ0) is 22.7. The average Bonchev–Trinajstić information content (AvgIpc) is 3.29. The third-order valence-corrected chi connectivity index (χ3v) is 6.00. The standard InChI is InChI=1S/C24H24FN3O4/c1-16-8-9-18(14-20(16)25)22-26-21(32-27-22)15-31-23(30)24(19-6-4-3-5-7-19)10-12-28(13-11-24)17(2)29/h3-9,14H,10-13,15H2,1-2H3. The molecule has 7 nitrogen and oxygen atoms in total. The Labute approximate surface area is 185 Å². The number of ether oxygens (including phenoxy) is 1. The SMILES string of the molecule is CC(=O)N1CCC(C(=O)OCc2nc(-c3ccc(C)c(F)c3)no2)(c2ccccc2)CC1. The molecule has 166 valence electrons. The molecule has 2 heterocycles. The molecule has 3 aromatic rings. The molecule has 0 bridgehead atoms. The zero-order valence-electron chi connectivity index (χ0n) is 18.0. The Morgan fingerprint density at radius 3 is 2.53 bits per heavy atom. The van der Waals surface area contributed by atoms with Crippen molar-refractivity contribution < 1.29 is 23.2 Å². The van der Waals surface area contributed by atoms with Crippen molar-refractivity contribution in [1.29, 1.82) is 0 Å². The van der Waals surface area contributed by atoms with Gasteiger partial charge >= 0.3 is 5.97 Å². The molecule has 0 atom stereocenters. The Balaban J connectivity index is 1.49. The minimum absolute atomic E-state index is 0.00837. The number of likely N-dealkylation sites (tertiary alicyclic amines) is 1. The summed E-state index contributed by atoms with van der Waals surface area (Å²) in [5.41, 5.74) is 1.01. The maximum atomic E-state index is 13.8. The molecule has 0 saturated carbocycles. The van der Waals surface area contributed by atoms with Crippen molar-refractivity contribution in [3.05, 3.63) is 71.4 Å². The summed E-state index contributed by atoms with van der Waals surface area (Å²) in [4.78, 5) is 31.0. The fourth-order valence-corrected chi connectivity index (χ4v) is 4.00. The first-order chi connectivity index (χ1) is 15.4. The van der Waals surface area contributed by atoms with Crippen LogP contribution in [0.15, 0.2) is 53.1 Å². The molecule has 2 aromatic carbocycles. The summed E-state index contributed by atoms with van der Waals surface area (Å²) in [6, 6.07) is 14.1. The molecule has 1 amide bonds. The van der Waals surface area contributed by atoms with Gasteiger partial charge in [0.15, 0.2) is 6.61 Å². The number of nitrogens with zero attached hydrogens (tertiary/aromatic N) is 3. The highest BCUT2D eigenvalue weighted by atomic mass is 19.1. The Bertz CT molecular complexity index is 1120. The lowest BCUT2D eigenvalue weighted by Gasteiger charge is -2.39. The van der Waals surface area contributed by atoms with Crippen molar-refractivity contribution >= 4 is 11.9 Å². The van der Waals surface area contributed by atoms with Crippen LogP contribution in [0.5, 0.6) is 0 Å². The molecule has 0 unspecified atom stereocenters. The van der Waals surface area contributed by atoms with Crippen LogP contribution in [0.3, 0.4) is 0 Å². The Kier molecular flexibility index (Phi) is 6.03. The zero-order valence-corrected chi connectivity index (χ0v) is 18.0. The van der Waals surface area contributed by atoms with E-state index in [2.05, 4.69) is 10.1 Å². The Morgan fingerprint density at radius 2 is 1.88 bits per heavy atom. The average molecular weight is 437 g/mol. The van der Waals surface area contributed by atoms with Crippen molar-refractivity contribution in [2.24, 2.45) is 0 Å². The molecule has 0 spiro atoms. The van der Waals surface area contributed by atoms with Crippen molar-refractivity contribution in [1.82, 2.24) is 15.0 Å². The van der Waals surface area contributed by atoms with Crippen LogP contribution in [0, 0.1) is 12.7 Å². The molecule has 4 rings (SSSR count). The summed E-state index contributed by atoms with van der Waals surface area (Å²) < 4.78 is 24.6. The second kappa shape index (κ2) is 8.90. The molecule has 1 saturated heterocycles. The molecule has 1 aliphatic heterocycles. The van der Waals surface area contributed by atoms with E-state index in [1.165, 1.54) is 13.0 Å². The molecule has 1 aromatic heterocycles. The molecular weight excluding hydrogens is 413 g/mol. The van der Waals surface area contributed by atoms with E-state index in [0.29, 0.717) is 37.1 Å². The topological polar surface area (TPSA) is 85.5 Å². The van der Waals surface area contributed by atoms with Gasteiger partial charge in [-0.15, -0.1) is 0 Å². The van der Waals surface area contributed by atoms with Gasteiger partial charge in [-0.3, -0.25) is 9.59 Å². The molecule has 0 aliphatic carbocycles. The summed E-state index contributed by atoms with van der Waals surface area (Å²) in [6.07, 6.45) is 0.931. The fourth-order valence-electron chi connectivity index (χ4n) is 4.00. The van der Waals surface area contributed by atoms with Crippen molar-refractivity contribution in [2.45, 2.75) is 38.7 Å². The van der Waals surface area contributed by atoms with E-state index >= 15 is 0 Å². The van der Waals surface area contributed by atoms with Crippen LogP contribution in [0.1, 0.15) is 36.8 Å². The predicted octanol–water partition coefficient (Wildman–Crippen LogP) is 3.81. The monoisotopic (exact) mass is 437 g/mol. The molecule has 0 N–H and O–H groups in total. The number of piperidine rings is 1. The summed E-state index contributed by atoms with van der Waals surface area (Å²) in [7, 11) is 0. The van der Waals surface area contributed by atoms with Crippen molar-refractivity contribution in [3.63, 3.8) is 0 Å². The molecule has 0 radical (unpaired) electrons. The van der Waals surface area contributed by atoms with Crippen molar-refractivity contribution in [2.75, 3.05) is 13.1 Å². The normalized spacial score (nSPS) is 15.4. The largest absolute Gasteiger partial charge is 0.455 e. The van der Waals surface area contributed by atoms with Gasteiger partial charge in [-0.25, -0.2) is 4.39 Å². The number of benzene rings is 2. The van der Waals surface area contributed by atoms with Crippen LogP contribution in [-0.2, 0) is 26.3 Å². The van der Waals surface area contributed by atoms with Crippen LogP contribution in [0.2, 0.25) is 0 Å². The molecular formula is C24H24FN3O4. The van der Waals surface area contributed by atoms with E-state index in [0.717, 1.165) is 5.56 Å². The van der Waals surface area contributed by atoms with E-state index in [4.69, 9.17) is 9.26 Å². The van der Waals surface area contributed by atoms with Crippen LogP contribution < -0.4 is 0 Å². The number of halogens is 1. The van der Waals surface area contributed by atoms with Gasteiger partial charge in [0.05, 0.1) is 5.41 Å². The van der Waals surface area contributed by atoms with E-state index in [9.17, 15) is 14.0 Å². The number of aromatic nitrogens is 2. The Morgan fingerprint density at radius 1 is 1.16 bits per heavy atom. The van der Waals surface area contributed by atoms with Crippen LogP contribution in [0.4, 0.5) is 4.39 Å². The van der Waals surface area contributed by atoms with Crippen LogP contribution >= 0.6 is 0 Å². The predicted molar refractivity (Wildman–Crippen MR) is 114 cm³/mol. The van der Waals surface area contributed by atoms with Crippen LogP contribution in [0.25, 0.3) is 11.4 Å². The summed E-state index contributed by atoms with van der Waals surface area (Å²) >= 11 is 0. The van der Waals surface area contributed by atoms with Gasteiger partial charge in [0.25, 0.3) is 5.89 Å². The van der Waals surface area contributed by atoms with Gasteiger partial charge in [0.2, 0.25) is 11.7 Å². The van der Waals surface area contributed by atoms with E-state index in [1.54, 1.807) is 24.0 Å². The highest BCUT2D eigenvalue weighted by Crippen LogP contribution is 2.37. The number of hydrogen-bond donors (Lipinski definition) is 0. The fraction of sp³-hybridized carbons (Fsp3) is 0.333. The molecule has 32 heavy (non-hydrogen) atoms. The van der Waals surface area contributed by atoms with E-state index in [-0.39, 0.29) is 30.0 Å². The first-order valence-electron chi connectivity index (χ1n) is 10.5. The first kappa shape index (κ1) is 21.7. The maximum Gasteiger partial charge on any atom is 0.317 e. The number of carbonyl (C=O) groups excluding carboxylic acids is 2. The van der Waals surface area contributed by atoms with Gasteiger partial charge < -0.3 is 14.2 Å². The van der Waals surface area contributed by atoms with Gasteiger partial charge in [-0.2, -0.15) is 4.98 Å². The summed E-state index contributed by atoms with van der Waals surface area (Å²) in [6.45, 7) is 3.96. The lowest BCUT2D eigenvalue weighted by atomic mass is 9.72. The number of rotatable bonds is 5. The van der Waals surface area contributed by atoms with Gasteiger partial charge in [-0.05, 0) is 37.0 Å². The number of esters is 1. The minimum Gasteiger partial charge on any atom is -0.455 e. The van der Waals surface area contributed by atoms with Crippen molar-refractivity contribution in [3.8, 4) is 11.4 Å². The minimum atomic E-state index is -0.851. The highest BCUT2D eigenvalue weighted by Gasteiger charge is 2.44. The summed E-state index contributed by atoms with van der Waals surface area (Å²) in [5.74, 6) is -0.415. The second-order valence-electron chi connectivity index (χ2n) is 8.01. The molecule has 1 aliphatic rings. The molecule has 8 heteroatoms. The smallest absolute Gasteiger partial charge is 0.317 e. The molecule has 1 fully saturated rings. The third-order valence-electron chi connectivity index (χ3n) is 6.00. The van der Waals surface area contributed by atoms with Crippen LogP contribution in [-0.4, -0.2) is 40.0 Å². The van der Waals surface area contributed by atoms with Gasteiger partial charge in [0.1, 0.15) is 5.82 Å². The lowest BCUT2D eigenvalue weighted by Crippen LogP contribution is -2.49. The number of carbonyl (C=O) groups is 2. The summed E-state index contributed by atoms with van der Waals surface area (Å²) in [5, 5.41) is 3.86. The number of hydrogen-bond acceptors (Lipinski definition) is 6. The first-order valence-corrected chi connectivity index (χ1v) is 10.5. The van der Waals surface area contributed by atoms with Gasteiger partial charge in [0, 0.05) is 25.6 Å². The quantitative estimate of drug-likeness (QED) is 0.565. The number of amides is 1. The van der Waals surface area contributed by atoms with Gasteiger partial charge in [-0.1, -0.05) is 47.6 Å². The lowest BCUT2D eigenvalue weighted by molar-refractivity contribution is -0.156. The van der Waals surface area contributed by atoms with E-state index < -0.39 is 11.4 Å². The highest BCUT2D eigenvalue weighted by molar-refractivity contribution is 5.84. The maximum absolute atomic E-state index is 13.8.